The Kier molecular flexibility index (Phi) is 15.5. The lowest BCUT2D eigenvalue weighted by Gasteiger charge is -2.29. The minimum Gasteiger partial charge on any atom is -0.469 e. The second-order valence-electron chi connectivity index (χ2n) is 11.6. The van der Waals surface area contributed by atoms with E-state index in [0.717, 1.165) is 36.7 Å². The molecule has 2 aliphatic rings. The summed E-state index contributed by atoms with van der Waals surface area (Å²) in [5.74, 6) is 4.19. The Morgan fingerprint density at radius 2 is 1.34 bits per heavy atom. The highest BCUT2D eigenvalue weighted by atomic mass is 16.7. The van der Waals surface area contributed by atoms with Crippen molar-refractivity contribution < 1.29 is 19.0 Å². The van der Waals surface area contributed by atoms with Gasteiger partial charge < -0.3 is 19.1 Å². The quantitative estimate of drug-likeness (QED) is 0.0850. The molecule has 0 heterocycles. The molecule has 0 spiro atoms. The minimum atomic E-state index is -0.253. The molecular weight excluding hydrogens is 438 g/mol. The second-order valence-corrected chi connectivity index (χ2v) is 11.6. The van der Waals surface area contributed by atoms with Gasteiger partial charge in [-0.1, -0.05) is 71.1 Å². The van der Waals surface area contributed by atoms with E-state index in [4.69, 9.17) is 9.47 Å². The number of hydrogen-bond donors (Lipinski definition) is 0. The van der Waals surface area contributed by atoms with E-state index in [1.165, 1.54) is 77.7 Å². The molecule has 2 rings (SSSR count). The summed E-state index contributed by atoms with van der Waals surface area (Å²) in [6, 6.07) is 0.172. The van der Waals surface area contributed by atoms with Gasteiger partial charge in [0, 0.05) is 13.0 Å². The van der Waals surface area contributed by atoms with Crippen LogP contribution >= 0.6 is 0 Å². The summed E-state index contributed by atoms with van der Waals surface area (Å²) in [5.41, 5.74) is 0. The summed E-state index contributed by atoms with van der Waals surface area (Å²) in [7, 11) is 5.51. The topological polar surface area (TPSA) is 48.0 Å². The maximum absolute atomic E-state index is 11.3. The highest BCUT2D eigenvalue weighted by Gasteiger charge is 2.44. The van der Waals surface area contributed by atoms with Crippen molar-refractivity contribution in [3.8, 4) is 0 Å². The van der Waals surface area contributed by atoms with Crippen molar-refractivity contribution in [3.05, 3.63) is 0 Å². The van der Waals surface area contributed by atoms with Gasteiger partial charge in [0.2, 0.25) is 0 Å². The molecule has 2 saturated carbocycles. The summed E-state index contributed by atoms with van der Waals surface area (Å²) in [6.07, 6.45) is 20.5. The van der Waals surface area contributed by atoms with E-state index in [-0.39, 0.29) is 18.3 Å². The first kappa shape index (κ1) is 30.6. The second kappa shape index (κ2) is 17.7. The molecule has 2 aliphatic carbocycles. The number of nitrogens with zero attached hydrogens (tertiary/aromatic N) is 1. The Morgan fingerprint density at radius 3 is 1.91 bits per heavy atom. The molecule has 5 nitrogen and oxygen atoms in total. The van der Waals surface area contributed by atoms with Crippen molar-refractivity contribution in [2.24, 2.45) is 23.7 Å². The average molecular weight is 496 g/mol. The number of carbonyl (C=O) groups excluding carboxylic acids is 1. The van der Waals surface area contributed by atoms with Crippen LogP contribution in [0.5, 0.6) is 0 Å². The van der Waals surface area contributed by atoms with Crippen molar-refractivity contribution in [1.29, 1.82) is 0 Å². The van der Waals surface area contributed by atoms with Gasteiger partial charge in [-0.3, -0.25) is 4.79 Å². The lowest BCUT2D eigenvalue weighted by atomic mass is 10.0. The fourth-order valence-electron chi connectivity index (χ4n) is 5.45. The molecule has 0 bridgehead atoms. The van der Waals surface area contributed by atoms with Crippen molar-refractivity contribution >= 4 is 5.97 Å². The molecule has 6 atom stereocenters. The molecule has 0 saturated heterocycles. The van der Waals surface area contributed by atoms with E-state index in [1.807, 2.05) is 14.1 Å². The zero-order valence-electron chi connectivity index (χ0n) is 23.8. The molecule has 0 aromatic heterocycles. The van der Waals surface area contributed by atoms with Crippen LogP contribution in [0.15, 0.2) is 0 Å². The van der Waals surface area contributed by atoms with Crippen molar-refractivity contribution in [1.82, 2.24) is 4.90 Å². The Bertz CT molecular complexity index is 554. The molecule has 5 heteroatoms. The summed E-state index contributed by atoms with van der Waals surface area (Å²) in [4.78, 5) is 13.4. The van der Waals surface area contributed by atoms with Crippen LogP contribution in [0.4, 0.5) is 0 Å². The number of hydrogen-bond acceptors (Lipinski definition) is 5. The summed E-state index contributed by atoms with van der Waals surface area (Å²) < 4.78 is 16.7. The number of esters is 1. The van der Waals surface area contributed by atoms with Gasteiger partial charge in [0.1, 0.15) is 0 Å². The molecule has 35 heavy (non-hydrogen) atoms. The smallest absolute Gasteiger partial charge is 0.305 e. The lowest BCUT2D eigenvalue weighted by molar-refractivity contribution is -0.173. The number of carbonyl (C=O) groups is 1. The van der Waals surface area contributed by atoms with Crippen LogP contribution in [-0.4, -0.2) is 57.6 Å². The lowest BCUT2D eigenvalue weighted by Crippen LogP contribution is -2.40. The third-order valence-corrected chi connectivity index (χ3v) is 8.42. The third kappa shape index (κ3) is 13.5. The minimum absolute atomic E-state index is 0.172. The maximum Gasteiger partial charge on any atom is 0.305 e. The maximum atomic E-state index is 11.3. The van der Waals surface area contributed by atoms with Gasteiger partial charge in [-0.25, -0.2) is 0 Å². The standard InChI is InChI=1S/C30H57NO4/c1-6-7-12-16-25-21-27(25)23-28-22-26(28)17-13-10-8-9-11-14-19-34-30(24(2)31(3)4)35-20-15-18-29(32)33-5/h24-28,30H,6-23H2,1-5H3. The highest BCUT2D eigenvalue weighted by Crippen LogP contribution is 2.54. The molecule has 0 aromatic carbocycles. The molecule has 206 valence electrons. The van der Waals surface area contributed by atoms with Crippen LogP contribution in [0.3, 0.4) is 0 Å². The fraction of sp³-hybridized carbons (Fsp3) is 0.967. The van der Waals surface area contributed by atoms with E-state index in [0.29, 0.717) is 19.4 Å². The third-order valence-electron chi connectivity index (χ3n) is 8.42. The molecule has 0 aromatic rings. The van der Waals surface area contributed by atoms with Crippen LogP contribution < -0.4 is 0 Å². The molecule has 6 unspecified atom stereocenters. The normalized spacial score (nSPS) is 25.0. The predicted molar refractivity (Wildman–Crippen MR) is 144 cm³/mol. The van der Waals surface area contributed by atoms with Crippen LogP contribution in [0.1, 0.15) is 117 Å². The van der Waals surface area contributed by atoms with Gasteiger partial charge >= 0.3 is 5.97 Å². The first-order valence-electron chi connectivity index (χ1n) is 14.9. The number of ether oxygens (including phenoxy) is 3. The van der Waals surface area contributed by atoms with Crippen LogP contribution in [-0.2, 0) is 19.0 Å². The highest BCUT2D eigenvalue weighted by molar-refractivity contribution is 5.68. The largest absolute Gasteiger partial charge is 0.469 e. The molecule has 0 aliphatic heterocycles. The van der Waals surface area contributed by atoms with E-state index in [9.17, 15) is 4.79 Å². The predicted octanol–water partition coefficient (Wildman–Crippen LogP) is 7.22. The zero-order valence-corrected chi connectivity index (χ0v) is 23.8. The Morgan fingerprint density at radius 1 is 0.800 bits per heavy atom. The zero-order chi connectivity index (χ0) is 25.5. The summed E-state index contributed by atoms with van der Waals surface area (Å²) in [5, 5.41) is 0. The van der Waals surface area contributed by atoms with Gasteiger partial charge in [0.05, 0.1) is 19.8 Å². The number of rotatable bonds is 23. The van der Waals surface area contributed by atoms with Crippen molar-refractivity contribution in [3.63, 3.8) is 0 Å². The fourth-order valence-corrected chi connectivity index (χ4v) is 5.45. The number of likely N-dealkylation sites (N-methyl/N-ethyl adjacent to an activating group) is 1. The number of unbranched alkanes of at least 4 members (excludes halogenated alkanes) is 7. The summed E-state index contributed by atoms with van der Waals surface area (Å²) in [6.45, 7) is 5.68. The van der Waals surface area contributed by atoms with Gasteiger partial charge in [-0.15, -0.1) is 0 Å². The van der Waals surface area contributed by atoms with Gasteiger partial charge in [-0.2, -0.15) is 0 Å². The van der Waals surface area contributed by atoms with Crippen LogP contribution in [0.25, 0.3) is 0 Å². The number of methoxy groups -OCH3 is 1. The average Bonchev–Trinajstić information content (AvgIpc) is 3.77. The first-order chi connectivity index (χ1) is 17.0. The Labute approximate surface area is 217 Å². The van der Waals surface area contributed by atoms with Gasteiger partial charge in [0.15, 0.2) is 6.29 Å². The van der Waals surface area contributed by atoms with E-state index in [2.05, 4.69) is 23.5 Å². The molecule has 2 fully saturated rings. The summed E-state index contributed by atoms with van der Waals surface area (Å²) >= 11 is 0. The SMILES string of the molecule is CCCCCC1CC1CC1CC1CCCCCCCCOC(OCCCC(=O)OC)C(C)N(C)C. The molecule has 0 amide bonds. The van der Waals surface area contributed by atoms with E-state index < -0.39 is 0 Å². The Balaban J connectivity index is 1.41. The first-order valence-corrected chi connectivity index (χ1v) is 14.9. The van der Waals surface area contributed by atoms with Crippen molar-refractivity contribution in [2.45, 2.75) is 129 Å². The van der Waals surface area contributed by atoms with Crippen molar-refractivity contribution in [2.75, 3.05) is 34.4 Å². The van der Waals surface area contributed by atoms with E-state index >= 15 is 0 Å². The molecule has 0 radical (unpaired) electrons. The van der Waals surface area contributed by atoms with Gasteiger partial charge in [-0.05, 0) is 76.8 Å². The van der Waals surface area contributed by atoms with Crippen LogP contribution in [0, 0.1) is 23.7 Å². The Hall–Kier alpha value is -0.650. The van der Waals surface area contributed by atoms with Gasteiger partial charge in [0.25, 0.3) is 0 Å². The molecule has 0 N–H and O–H groups in total. The van der Waals surface area contributed by atoms with E-state index in [1.54, 1.807) is 12.8 Å². The van der Waals surface area contributed by atoms with Crippen LogP contribution in [0.2, 0.25) is 0 Å². The monoisotopic (exact) mass is 495 g/mol. The molecular formula is C30H57NO4.